The number of aliphatic hydroxyl groups excluding tert-OH is 1. The van der Waals surface area contributed by atoms with E-state index in [2.05, 4.69) is 4.72 Å². The Morgan fingerprint density at radius 1 is 1.29 bits per heavy atom. The average Bonchev–Trinajstić information content (AvgIpc) is 2.21. The van der Waals surface area contributed by atoms with Gasteiger partial charge in [0, 0.05) is 13.2 Å². The van der Waals surface area contributed by atoms with Crippen LogP contribution in [-0.2, 0) is 10.0 Å². The predicted octanol–water partition coefficient (Wildman–Crippen LogP) is 1.75. The molecule has 0 amide bonds. The minimum atomic E-state index is -3.17. The van der Waals surface area contributed by atoms with E-state index >= 15 is 0 Å². The molecule has 0 spiro atoms. The molecule has 4 nitrogen and oxygen atoms in total. The molecule has 0 saturated carbocycles. The lowest BCUT2D eigenvalue weighted by Crippen LogP contribution is -2.32. The highest BCUT2D eigenvalue weighted by molar-refractivity contribution is 7.89. The van der Waals surface area contributed by atoms with Crippen LogP contribution in [0.25, 0.3) is 0 Å². The Balaban J connectivity index is 4.09. The van der Waals surface area contributed by atoms with Crippen molar-refractivity contribution >= 4 is 10.0 Å². The Kier molecular flexibility index (Phi) is 7.28. The zero-order chi connectivity index (χ0) is 13.5. The van der Waals surface area contributed by atoms with E-state index in [0.717, 1.165) is 6.42 Å². The van der Waals surface area contributed by atoms with E-state index in [1.54, 1.807) is 0 Å². The zero-order valence-corrected chi connectivity index (χ0v) is 12.3. The maximum atomic E-state index is 11.7. The van der Waals surface area contributed by atoms with Gasteiger partial charge in [0.15, 0.2) is 0 Å². The monoisotopic (exact) mass is 265 g/mol. The van der Waals surface area contributed by atoms with Crippen LogP contribution in [0.1, 0.15) is 47.0 Å². The van der Waals surface area contributed by atoms with Crippen molar-refractivity contribution in [2.75, 3.05) is 18.9 Å². The summed E-state index contributed by atoms with van der Waals surface area (Å²) in [5, 5.41) is 8.83. The van der Waals surface area contributed by atoms with Crippen LogP contribution in [0.5, 0.6) is 0 Å². The van der Waals surface area contributed by atoms with Crippen LogP contribution in [-0.4, -0.2) is 32.4 Å². The fourth-order valence-corrected chi connectivity index (χ4v) is 2.91. The van der Waals surface area contributed by atoms with Gasteiger partial charge >= 0.3 is 0 Å². The highest BCUT2D eigenvalue weighted by atomic mass is 32.2. The van der Waals surface area contributed by atoms with E-state index in [9.17, 15) is 8.42 Å². The van der Waals surface area contributed by atoms with Gasteiger partial charge in [-0.2, -0.15) is 0 Å². The summed E-state index contributed by atoms with van der Waals surface area (Å²) in [5.41, 5.74) is 0.0318. The van der Waals surface area contributed by atoms with Gasteiger partial charge in [-0.1, -0.05) is 34.1 Å². The molecule has 0 rings (SSSR count). The van der Waals surface area contributed by atoms with Gasteiger partial charge < -0.3 is 5.11 Å². The van der Waals surface area contributed by atoms with Crippen LogP contribution < -0.4 is 4.72 Å². The third-order valence-electron chi connectivity index (χ3n) is 2.83. The SMILES string of the molecule is CC[C@@H](CCO)CNS(=O)(=O)CCC(C)(C)C. The highest BCUT2D eigenvalue weighted by Gasteiger charge is 2.18. The van der Waals surface area contributed by atoms with E-state index in [4.69, 9.17) is 5.11 Å². The molecule has 0 aliphatic heterocycles. The molecule has 5 heteroatoms. The van der Waals surface area contributed by atoms with Gasteiger partial charge in [0.1, 0.15) is 0 Å². The smallest absolute Gasteiger partial charge is 0.211 e. The molecule has 0 bridgehead atoms. The first-order valence-electron chi connectivity index (χ1n) is 6.28. The molecule has 0 aromatic heterocycles. The molecule has 0 fully saturated rings. The third kappa shape index (κ3) is 9.56. The fraction of sp³-hybridized carbons (Fsp3) is 1.00. The summed E-state index contributed by atoms with van der Waals surface area (Å²) >= 11 is 0. The molecule has 0 radical (unpaired) electrons. The van der Waals surface area contributed by atoms with Gasteiger partial charge in [-0.25, -0.2) is 13.1 Å². The van der Waals surface area contributed by atoms with Crippen molar-refractivity contribution in [1.82, 2.24) is 4.72 Å². The molecule has 0 heterocycles. The van der Waals surface area contributed by atoms with E-state index in [-0.39, 0.29) is 23.7 Å². The first-order valence-corrected chi connectivity index (χ1v) is 7.93. The van der Waals surface area contributed by atoms with Gasteiger partial charge in [-0.15, -0.1) is 0 Å². The number of rotatable bonds is 8. The van der Waals surface area contributed by atoms with E-state index in [1.807, 2.05) is 27.7 Å². The summed E-state index contributed by atoms with van der Waals surface area (Å²) in [6.07, 6.45) is 2.18. The van der Waals surface area contributed by atoms with Crippen molar-refractivity contribution in [2.45, 2.75) is 47.0 Å². The summed E-state index contributed by atoms with van der Waals surface area (Å²) in [5.74, 6) is 0.399. The van der Waals surface area contributed by atoms with Crippen molar-refractivity contribution in [3.63, 3.8) is 0 Å². The standard InChI is InChI=1S/C12H27NO3S/c1-5-11(6-8-14)10-13-17(15,16)9-7-12(2,3)4/h11,13-14H,5-10H2,1-4H3/t11-/m0/s1. The molecule has 0 saturated heterocycles. The van der Waals surface area contributed by atoms with Gasteiger partial charge in [0.05, 0.1) is 5.75 Å². The first-order chi connectivity index (χ1) is 7.70. The average molecular weight is 265 g/mol. The zero-order valence-electron chi connectivity index (χ0n) is 11.5. The molecule has 2 N–H and O–H groups in total. The second-order valence-corrected chi connectivity index (χ2v) is 7.69. The Labute approximate surface area is 106 Å². The van der Waals surface area contributed by atoms with Crippen LogP contribution in [0, 0.1) is 11.3 Å². The molecule has 0 aromatic rings. The highest BCUT2D eigenvalue weighted by Crippen LogP contribution is 2.19. The topological polar surface area (TPSA) is 66.4 Å². The van der Waals surface area contributed by atoms with Crippen molar-refractivity contribution in [2.24, 2.45) is 11.3 Å². The second kappa shape index (κ2) is 7.34. The summed E-state index contributed by atoms with van der Waals surface area (Å²) in [4.78, 5) is 0. The Hall–Kier alpha value is -0.130. The van der Waals surface area contributed by atoms with Crippen LogP contribution in [0.15, 0.2) is 0 Å². The lowest BCUT2D eigenvalue weighted by Gasteiger charge is -2.19. The largest absolute Gasteiger partial charge is 0.396 e. The normalized spacial score (nSPS) is 14.9. The van der Waals surface area contributed by atoms with E-state index in [1.165, 1.54) is 0 Å². The molecule has 17 heavy (non-hydrogen) atoms. The van der Waals surface area contributed by atoms with Crippen molar-refractivity contribution < 1.29 is 13.5 Å². The third-order valence-corrected chi connectivity index (χ3v) is 4.18. The van der Waals surface area contributed by atoms with E-state index in [0.29, 0.717) is 19.4 Å². The maximum Gasteiger partial charge on any atom is 0.211 e. The second-order valence-electron chi connectivity index (χ2n) is 5.76. The number of sulfonamides is 1. The molecular weight excluding hydrogens is 238 g/mol. The molecule has 0 aromatic carbocycles. The lowest BCUT2D eigenvalue weighted by molar-refractivity contribution is 0.254. The molecule has 0 aliphatic rings. The summed E-state index contributed by atoms with van der Waals surface area (Å²) in [6, 6.07) is 0. The van der Waals surface area contributed by atoms with Gasteiger partial charge in [0.25, 0.3) is 0 Å². The van der Waals surface area contributed by atoms with Gasteiger partial charge in [-0.3, -0.25) is 0 Å². The maximum absolute atomic E-state index is 11.7. The molecule has 1 atom stereocenters. The first kappa shape index (κ1) is 16.9. The Bertz CT molecular complexity index is 293. The lowest BCUT2D eigenvalue weighted by atomic mass is 9.94. The minimum absolute atomic E-state index is 0.0318. The van der Waals surface area contributed by atoms with Crippen LogP contribution in [0.4, 0.5) is 0 Å². The predicted molar refractivity (Wildman–Crippen MR) is 71.3 cm³/mol. The molecular formula is C12H27NO3S. The quantitative estimate of drug-likeness (QED) is 0.702. The molecule has 0 unspecified atom stereocenters. The minimum Gasteiger partial charge on any atom is -0.396 e. The van der Waals surface area contributed by atoms with Gasteiger partial charge in [0.2, 0.25) is 10.0 Å². The number of hydrogen-bond acceptors (Lipinski definition) is 3. The van der Waals surface area contributed by atoms with Crippen LogP contribution in [0.2, 0.25) is 0 Å². The Morgan fingerprint density at radius 3 is 2.29 bits per heavy atom. The summed E-state index contributed by atoms with van der Waals surface area (Å²) in [6.45, 7) is 8.64. The molecule has 0 aliphatic carbocycles. The van der Waals surface area contributed by atoms with Crippen LogP contribution in [0.3, 0.4) is 0 Å². The van der Waals surface area contributed by atoms with Crippen molar-refractivity contribution in [3.8, 4) is 0 Å². The van der Waals surface area contributed by atoms with Gasteiger partial charge in [-0.05, 0) is 24.2 Å². The van der Waals surface area contributed by atoms with Crippen LogP contribution >= 0.6 is 0 Å². The van der Waals surface area contributed by atoms with Crippen molar-refractivity contribution in [3.05, 3.63) is 0 Å². The Morgan fingerprint density at radius 2 is 1.88 bits per heavy atom. The van der Waals surface area contributed by atoms with Crippen molar-refractivity contribution in [1.29, 1.82) is 0 Å². The molecule has 104 valence electrons. The summed E-state index contributed by atoms with van der Waals surface area (Å²) in [7, 11) is -3.17. The van der Waals surface area contributed by atoms with E-state index < -0.39 is 10.0 Å². The number of nitrogens with one attached hydrogen (secondary N) is 1. The summed E-state index contributed by atoms with van der Waals surface area (Å²) < 4.78 is 26.1. The fourth-order valence-electron chi connectivity index (χ4n) is 1.39. The number of hydrogen-bond donors (Lipinski definition) is 2. The number of aliphatic hydroxyl groups is 1.